The molecule has 0 spiro atoms. The number of fused-ring (bicyclic) bond motifs is 3. The Morgan fingerprint density at radius 1 is 1.04 bits per heavy atom. The van der Waals surface area contributed by atoms with Crippen molar-refractivity contribution in [2.24, 2.45) is 0 Å². The van der Waals surface area contributed by atoms with Gasteiger partial charge in [0.1, 0.15) is 0 Å². The van der Waals surface area contributed by atoms with Crippen LogP contribution in [0.15, 0.2) is 18.2 Å². The van der Waals surface area contributed by atoms with E-state index in [1.165, 1.54) is 68.0 Å². The molecule has 2 aliphatic carbocycles. The van der Waals surface area contributed by atoms with Gasteiger partial charge in [0.2, 0.25) is 0 Å². The van der Waals surface area contributed by atoms with Crippen molar-refractivity contribution in [2.75, 3.05) is 13.1 Å². The molecule has 3 heteroatoms. The highest BCUT2D eigenvalue weighted by atomic mass is 15.2. The molecule has 0 bridgehead atoms. The van der Waals surface area contributed by atoms with Gasteiger partial charge >= 0.3 is 0 Å². The van der Waals surface area contributed by atoms with E-state index in [-0.39, 0.29) is 0 Å². The van der Waals surface area contributed by atoms with Crippen LogP contribution >= 0.6 is 0 Å². The van der Waals surface area contributed by atoms with E-state index in [9.17, 15) is 5.26 Å². The predicted octanol–water partition coefficient (Wildman–Crippen LogP) is 4.91. The van der Waals surface area contributed by atoms with Crippen LogP contribution in [-0.4, -0.2) is 22.6 Å². The summed E-state index contributed by atoms with van der Waals surface area (Å²) in [6.45, 7) is 2.62. The Balaban J connectivity index is 1.61. The van der Waals surface area contributed by atoms with E-state index in [1.807, 2.05) is 0 Å². The lowest BCUT2D eigenvalue weighted by molar-refractivity contribution is 0.160. The molecule has 25 heavy (non-hydrogen) atoms. The normalized spacial score (nSPS) is 24.2. The number of benzene rings is 1. The van der Waals surface area contributed by atoms with Crippen molar-refractivity contribution in [2.45, 2.75) is 69.9 Å². The summed E-state index contributed by atoms with van der Waals surface area (Å²) >= 11 is 0. The Hall–Kier alpha value is -1.79. The van der Waals surface area contributed by atoms with Crippen molar-refractivity contribution in [1.82, 2.24) is 9.47 Å². The first-order chi connectivity index (χ1) is 12.4. The zero-order valence-electron chi connectivity index (χ0n) is 15.0. The highest BCUT2D eigenvalue weighted by molar-refractivity contribution is 5.87. The molecule has 1 aliphatic heterocycles. The van der Waals surface area contributed by atoms with Gasteiger partial charge in [-0.15, -0.1) is 0 Å². The quantitative estimate of drug-likeness (QED) is 0.732. The zero-order chi connectivity index (χ0) is 16.8. The van der Waals surface area contributed by atoms with E-state index in [0.717, 1.165) is 19.0 Å². The maximum absolute atomic E-state index is 9.19. The molecule has 1 atom stereocenters. The lowest BCUT2D eigenvalue weighted by atomic mass is 9.83. The van der Waals surface area contributed by atoms with Crippen LogP contribution in [0.25, 0.3) is 10.9 Å². The van der Waals surface area contributed by atoms with Crippen molar-refractivity contribution >= 4 is 10.9 Å². The molecule has 2 heterocycles. The van der Waals surface area contributed by atoms with Crippen LogP contribution in [0.4, 0.5) is 0 Å². The van der Waals surface area contributed by atoms with Gasteiger partial charge in [-0.1, -0.05) is 25.3 Å². The van der Waals surface area contributed by atoms with Crippen LogP contribution in [0.1, 0.15) is 73.7 Å². The highest BCUT2D eigenvalue weighted by Gasteiger charge is 2.34. The van der Waals surface area contributed by atoms with E-state index in [4.69, 9.17) is 0 Å². The third kappa shape index (κ3) is 2.42. The summed E-state index contributed by atoms with van der Waals surface area (Å²) < 4.78 is 2.58. The van der Waals surface area contributed by atoms with Gasteiger partial charge in [0.15, 0.2) is 0 Å². The third-order valence-corrected chi connectivity index (χ3v) is 6.86. The maximum Gasteiger partial charge on any atom is 0.0872 e. The molecule has 1 aromatic carbocycles. The van der Waals surface area contributed by atoms with Gasteiger partial charge in [0.05, 0.1) is 18.7 Å². The number of rotatable bonds is 2. The molecule has 0 N–H and O–H groups in total. The lowest BCUT2D eigenvalue weighted by Crippen LogP contribution is -2.39. The smallest absolute Gasteiger partial charge is 0.0872 e. The van der Waals surface area contributed by atoms with Crippen molar-refractivity contribution in [1.29, 1.82) is 5.26 Å². The molecule has 0 unspecified atom stereocenters. The van der Waals surface area contributed by atoms with Gasteiger partial charge in [-0.05, 0) is 61.3 Å². The summed E-state index contributed by atoms with van der Waals surface area (Å²) in [5.41, 5.74) is 6.13. The maximum atomic E-state index is 9.19. The molecule has 0 amide bonds. The van der Waals surface area contributed by atoms with Crippen LogP contribution in [0.5, 0.6) is 0 Å². The number of hydrogen-bond donors (Lipinski definition) is 0. The number of aromatic nitrogens is 1. The third-order valence-electron chi connectivity index (χ3n) is 6.86. The van der Waals surface area contributed by atoms with Gasteiger partial charge in [-0.3, -0.25) is 4.90 Å². The van der Waals surface area contributed by atoms with E-state index in [0.29, 0.717) is 12.6 Å². The fourth-order valence-electron chi connectivity index (χ4n) is 5.66. The first kappa shape index (κ1) is 15.5. The van der Waals surface area contributed by atoms with Crippen molar-refractivity contribution in [3.8, 4) is 6.07 Å². The first-order valence-electron chi connectivity index (χ1n) is 10.1. The number of nitriles is 1. The topological polar surface area (TPSA) is 32.0 Å². The Labute approximate surface area is 150 Å². The Morgan fingerprint density at radius 3 is 2.76 bits per heavy atom. The van der Waals surface area contributed by atoms with Gasteiger partial charge in [0, 0.05) is 29.7 Å². The zero-order valence-corrected chi connectivity index (χ0v) is 15.0. The summed E-state index contributed by atoms with van der Waals surface area (Å²) in [6, 6.07) is 10.2. The molecule has 1 fully saturated rings. The summed E-state index contributed by atoms with van der Waals surface area (Å²) in [5, 5.41) is 10.7. The second-order valence-electron chi connectivity index (χ2n) is 8.16. The molecule has 0 saturated heterocycles. The van der Waals surface area contributed by atoms with Crippen molar-refractivity contribution in [3.05, 3.63) is 35.0 Å². The fourth-order valence-corrected chi connectivity index (χ4v) is 5.66. The summed E-state index contributed by atoms with van der Waals surface area (Å²) in [4.78, 5) is 2.40. The van der Waals surface area contributed by atoms with E-state index >= 15 is 0 Å². The monoisotopic (exact) mass is 333 g/mol. The van der Waals surface area contributed by atoms with Crippen molar-refractivity contribution < 1.29 is 0 Å². The standard InChI is InChI=1S/C22H27N3/c23-11-12-24-13-14-25-20-10-9-17(16-5-2-1-3-6-16)15-19(20)18-7-4-8-21(24)22(18)25/h9-10,15-16,21H,1-8,12-14H2/t21-/m0/s1. The first-order valence-corrected chi connectivity index (χ1v) is 10.1. The van der Waals surface area contributed by atoms with Crippen LogP contribution in [0.3, 0.4) is 0 Å². The van der Waals surface area contributed by atoms with Crippen molar-refractivity contribution in [3.63, 3.8) is 0 Å². The number of nitrogens with zero attached hydrogens (tertiary/aromatic N) is 3. The van der Waals surface area contributed by atoms with Crippen LogP contribution in [-0.2, 0) is 13.0 Å². The van der Waals surface area contributed by atoms with Gasteiger partial charge < -0.3 is 4.57 Å². The number of aryl methyl sites for hydroxylation is 1. The van der Waals surface area contributed by atoms with Gasteiger partial charge in [0.25, 0.3) is 0 Å². The lowest BCUT2D eigenvalue weighted by Gasteiger charge is -2.38. The molecular formula is C22H27N3. The molecule has 1 saturated carbocycles. The Morgan fingerprint density at radius 2 is 1.92 bits per heavy atom. The average molecular weight is 333 g/mol. The predicted molar refractivity (Wildman–Crippen MR) is 101 cm³/mol. The van der Waals surface area contributed by atoms with Crippen LogP contribution in [0.2, 0.25) is 0 Å². The largest absolute Gasteiger partial charge is 0.342 e. The molecule has 1 aromatic heterocycles. The second-order valence-corrected chi connectivity index (χ2v) is 8.16. The highest BCUT2D eigenvalue weighted by Crippen LogP contribution is 2.43. The molecule has 130 valence electrons. The van der Waals surface area contributed by atoms with E-state index in [2.05, 4.69) is 33.7 Å². The van der Waals surface area contributed by atoms with Crippen LogP contribution < -0.4 is 0 Å². The molecule has 5 rings (SSSR count). The Bertz CT molecular complexity index is 835. The minimum absolute atomic E-state index is 0.461. The fraction of sp³-hybridized carbons (Fsp3) is 0.591. The van der Waals surface area contributed by atoms with E-state index in [1.54, 1.807) is 11.1 Å². The number of hydrogen-bond acceptors (Lipinski definition) is 2. The average Bonchev–Trinajstić information content (AvgIpc) is 3.00. The minimum Gasteiger partial charge on any atom is -0.342 e. The Kier molecular flexibility index (Phi) is 3.82. The molecule has 0 radical (unpaired) electrons. The molecular weight excluding hydrogens is 306 g/mol. The molecule has 2 aromatic rings. The van der Waals surface area contributed by atoms with Gasteiger partial charge in [-0.25, -0.2) is 0 Å². The van der Waals surface area contributed by atoms with Crippen LogP contribution in [0, 0.1) is 11.3 Å². The minimum atomic E-state index is 0.461. The molecule has 3 nitrogen and oxygen atoms in total. The summed E-state index contributed by atoms with van der Waals surface area (Å²) in [7, 11) is 0. The van der Waals surface area contributed by atoms with E-state index < -0.39 is 0 Å². The molecule has 3 aliphatic rings. The SMILES string of the molecule is N#CCN1CCn2c3c(c4cc(C5CCCCC5)ccc42)CCC[C@@H]31. The summed E-state index contributed by atoms with van der Waals surface area (Å²) in [5.74, 6) is 0.775. The second kappa shape index (κ2) is 6.18. The van der Waals surface area contributed by atoms with Gasteiger partial charge in [-0.2, -0.15) is 5.26 Å². The summed E-state index contributed by atoms with van der Waals surface area (Å²) in [6.07, 6.45) is 10.6.